The summed E-state index contributed by atoms with van der Waals surface area (Å²) in [4.78, 5) is 0. The van der Waals surface area contributed by atoms with E-state index in [-0.39, 0.29) is 12.0 Å². The van der Waals surface area contributed by atoms with Crippen LogP contribution in [0.2, 0.25) is 0 Å². The van der Waals surface area contributed by atoms with Crippen molar-refractivity contribution in [1.82, 2.24) is 0 Å². The monoisotopic (exact) mass is 220 g/mol. The summed E-state index contributed by atoms with van der Waals surface area (Å²) in [7, 11) is 0. The molecule has 0 saturated heterocycles. The molecule has 1 nitrogen and oxygen atoms in total. The van der Waals surface area contributed by atoms with Gasteiger partial charge in [-0.2, -0.15) is 0 Å². The van der Waals surface area contributed by atoms with E-state index in [1.807, 2.05) is 0 Å². The molecule has 1 aliphatic rings. The first-order valence-electron chi connectivity index (χ1n) is 4.53. The van der Waals surface area contributed by atoms with E-state index in [4.69, 9.17) is 0 Å². The summed E-state index contributed by atoms with van der Waals surface area (Å²) in [5, 5.41) is 9.46. The van der Waals surface area contributed by atoms with Crippen LogP contribution in [0.5, 0.6) is 0 Å². The molecule has 2 rings (SSSR count). The lowest BCUT2D eigenvalue weighted by Gasteiger charge is -2.12. The van der Waals surface area contributed by atoms with E-state index in [0.29, 0.717) is 12.8 Å². The summed E-state index contributed by atoms with van der Waals surface area (Å²) in [5.41, 5.74) is -0.894. The van der Waals surface area contributed by atoms with Gasteiger partial charge < -0.3 is 5.11 Å². The number of hydrogen-bond acceptors (Lipinski definition) is 1. The van der Waals surface area contributed by atoms with E-state index in [1.54, 1.807) is 0 Å². The van der Waals surface area contributed by atoms with Crippen molar-refractivity contribution in [2.45, 2.75) is 18.9 Å². The Morgan fingerprint density at radius 2 is 1.53 bits per heavy atom. The average Bonchev–Trinajstić information content (AvgIpc) is 2.98. The van der Waals surface area contributed by atoms with Crippen molar-refractivity contribution >= 4 is 0 Å². The molecule has 0 amide bonds. The van der Waals surface area contributed by atoms with Gasteiger partial charge in [0.2, 0.25) is 0 Å². The lowest BCUT2D eigenvalue weighted by Crippen LogP contribution is -2.09. The van der Waals surface area contributed by atoms with Gasteiger partial charge in [-0.25, -0.2) is 17.6 Å². The molecule has 1 unspecified atom stereocenters. The molecule has 0 heterocycles. The minimum atomic E-state index is -1.51. The zero-order valence-electron chi connectivity index (χ0n) is 7.61. The molecule has 0 spiro atoms. The molecule has 1 N–H and O–H groups in total. The highest BCUT2D eigenvalue weighted by Gasteiger charge is 2.36. The molecule has 0 aromatic heterocycles. The van der Waals surface area contributed by atoms with Gasteiger partial charge >= 0.3 is 0 Å². The normalized spacial score (nSPS) is 17.9. The molecule has 1 aliphatic carbocycles. The second-order valence-electron chi connectivity index (χ2n) is 3.66. The molecule has 1 fully saturated rings. The van der Waals surface area contributed by atoms with Crippen molar-refractivity contribution in [2.24, 2.45) is 5.92 Å². The molecular formula is C10H8F4O. The molecular weight excluding hydrogens is 212 g/mol. The first-order chi connectivity index (χ1) is 7.02. The predicted molar refractivity (Wildman–Crippen MR) is 44.0 cm³/mol. The number of benzene rings is 1. The summed E-state index contributed by atoms with van der Waals surface area (Å²) >= 11 is 0. The third-order valence-corrected chi connectivity index (χ3v) is 2.51. The Hall–Kier alpha value is -1.10. The summed E-state index contributed by atoms with van der Waals surface area (Å²) in [6, 6.07) is 0.133. The van der Waals surface area contributed by atoms with Gasteiger partial charge in [0, 0.05) is 6.07 Å². The summed E-state index contributed by atoms with van der Waals surface area (Å²) in [5.74, 6) is -6.27. The molecule has 15 heavy (non-hydrogen) atoms. The first-order valence-corrected chi connectivity index (χ1v) is 4.53. The largest absolute Gasteiger partial charge is 0.388 e. The van der Waals surface area contributed by atoms with E-state index in [9.17, 15) is 22.7 Å². The number of halogens is 4. The van der Waals surface area contributed by atoms with Crippen molar-refractivity contribution < 1.29 is 22.7 Å². The number of hydrogen-bond donors (Lipinski definition) is 1. The molecule has 82 valence electrons. The Balaban J connectivity index is 2.52. The molecule has 0 aliphatic heterocycles. The van der Waals surface area contributed by atoms with Gasteiger partial charge in [-0.3, -0.25) is 0 Å². The molecule has 0 bridgehead atoms. The van der Waals surface area contributed by atoms with Crippen LogP contribution in [0.15, 0.2) is 6.07 Å². The van der Waals surface area contributed by atoms with Crippen LogP contribution in [-0.4, -0.2) is 5.11 Å². The predicted octanol–water partition coefficient (Wildman–Crippen LogP) is 2.69. The fourth-order valence-electron chi connectivity index (χ4n) is 1.50. The van der Waals surface area contributed by atoms with Gasteiger partial charge in [-0.1, -0.05) is 0 Å². The third kappa shape index (κ3) is 1.71. The highest BCUT2D eigenvalue weighted by atomic mass is 19.2. The molecule has 1 saturated carbocycles. The standard InChI is InChI=1S/C10H8F4O/c11-5-3-6(12)9(14)7(8(5)13)10(15)4-1-2-4/h3-4,10,15H,1-2H2. The molecule has 5 heteroatoms. The van der Waals surface area contributed by atoms with Crippen molar-refractivity contribution in [1.29, 1.82) is 0 Å². The molecule has 1 atom stereocenters. The molecule has 1 aromatic rings. The van der Waals surface area contributed by atoms with Crippen LogP contribution < -0.4 is 0 Å². The van der Waals surface area contributed by atoms with E-state index < -0.39 is 34.9 Å². The maximum Gasteiger partial charge on any atom is 0.167 e. The quantitative estimate of drug-likeness (QED) is 0.600. The van der Waals surface area contributed by atoms with Crippen LogP contribution in [0, 0.1) is 29.2 Å². The van der Waals surface area contributed by atoms with Gasteiger partial charge in [0.05, 0.1) is 11.7 Å². The van der Waals surface area contributed by atoms with E-state index >= 15 is 0 Å². The zero-order chi connectivity index (χ0) is 11.2. The van der Waals surface area contributed by atoms with Crippen LogP contribution in [0.3, 0.4) is 0 Å². The highest BCUT2D eigenvalue weighted by molar-refractivity contribution is 5.26. The van der Waals surface area contributed by atoms with Gasteiger partial charge in [-0.05, 0) is 18.8 Å². The second-order valence-corrected chi connectivity index (χ2v) is 3.66. The van der Waals surface area contributed by atoms with E-state index in [0.717, 1.165) is 0 Å². The number of aliphatic hydroxyl groups excluding tert-OH is 1. The third-order valence-electron chi connectivity index (χ3n) is 2.51. The SMILES string of the molecule is OC(c1c(F)c(F)cc(F)c1F)C1CC1. The molecule has 0 radical (unpaired) electrons. The van der Waals surface area contributed by atoms with E-state index in [2.05, 4.69) is 0 Å². The minimum Gasteiger partial charge on any atom is -0.388 e. The van der Waals surface area contributed by atoms with Crippen molar-refractivity contribution in [3.05, 3.63) is 34.9 Å². The molecule has 1 aromatic carbocycles. The second kappa shape index (κ2) is 3.48. The Morgan fingerprint density at radius 1 is 1.07 bits per heavy atom. The Bertz CT molecular complexity index is 375. The van der Waals surface area contributed by atoms with Gasteiger partial charge in [0.15, 0.2) is 23.3 Å². The van der Waals surface area contributed by atoms with Gasteiger partial charge in [-0.15, -0.1) is 0 Å². The topological polar surface area (TPSA) is 20.2 Å². The minimum absolute atomic E-state index is 0.133. The Morgan fingerprint density at radius 3 is 1.93 bits per heavy atom. The zero-order valence-corrected chi connectivity index (χ0v) is 7.61. The van der Waals surface area contributed by atoms with Crippen LogP contribution in [-0.2, 0) is 0 Å². The smallest absolute Gasteiger partial charge is 0.167 e. The van der Waals surface area contributed by atoms with Crippen LogP contribution >= 0.6 is 0 Å². The van der Waals surface area contributed by atoms with Crippen molar-refractivity contribution in [2.75, 3.05) is 0 Å². The highest BCUT2D eigenvalue weighted by Crippen LogP contribution is 2.42. The van der Waals surface area contributed by atoms with Crippen molar-refractivity contribution in [3.8, 4) is 0 Å². The first kappa shape index (κ1) is 10.4. The maximum atomic E-state index is 13.1. The van der Waals surface area contributed by atoms with Crippen LogP contribution in [0.1, 0.15) is 24.5 Å². The number of rotatable bonds is 2. The fourth-order valence-corrected chi connectivity index (χ4v) is 1.50. The fraction of sp³-hybridized carbons (Fsp3) is 0.400. The Kier molecular flexibility index (Phi) is 2.42. The lowest BCUT2D eigenvalue weighted by molar-refractivity contribution is 0.141. The van der Waals surface area contributed by atoms with Gasteiger partial charge in [0.1, 0.15) is 0 Å². The van der Waals surface area contributed by atoms with Crippen molar-refractivity contribution in [3.63, 3.8) is 0 Å². The Labute approximate surface area is 83.3 Å². The number of aliphatic hydroxyl groups is 1. The van der Waals surface area contributed by atoms with Crippen LogP contribution in [0.25, 0.3) is 0 Å². The van der Waals surface area contributed by atoms with Gasteiger partial charge in [0.25, 0.3) is 0 Å². The maximum absolute atomic E-state index is 13.1. The van der Waals surface area contributed by atoms with E-state index in [1.165, 1.54) is 0 Å². The van der Waals surface area contributed by atoms with Crippen LogP contribution in [0.4, 0.5) is 17.6 Å². The average molecular weight is 220 g/mol. The summed E-state index contributed by atoms with van der Waals surface area (Å²) in [6.07, 6.45) is -0.244. The lowest BCUT2D eigenvalue weighted by atomic mass is 10.0. The summed E-state index contributed by atoms with van der Waals surface area (Å²) < 4.78 is 51.8. The summed E-state index contributed by atoms with van der Waals surface area (Å²) in [6.45, 7) is 0.